The molecule has 1 aliphatic rings. The average molecular weight is 394 g/mol. The predicted octanol–water partition coefficient (Wildman–Crippen LogP) is 2.28. The summed E-state index contributed by atoms with van der Waals surface area (Å²) in [6.45, 7) is 1.82. The highest BCUT2D eigenvalue weighted by atomic mass is 35.5. The van der Waals surface area contributed by atoms with Crippen molar-refractivity contribution in [1.82, 2.24) is 25.2 Å². The molecular weight excluding hydrogens is 378 g/mol. The minimum absolute atomic E-state index is 0. The number of nitrogens with zero attached hydrogens (tertiary/aromatic N) is 4. The Morgan fingerprint density at radius 1 is 1.12 bits per heavy atom. The van der Waals surface area contributed by atoms with E-state index >= 15 is 0 Å². The molecule has 0 aliphatic carbocycles. The second-order valence-corrected chi connectivity index (χ2v) is 5.57. The lowest BCUT2D eigenvalue weighted by Crippen LogP contribution is -2.35. The fourth-order valence-corrected chi connectivity index (χ4v) is 2.64. The Balaban J connectivity index is 0.00000243. The first-order valence-corrected chi connectivity index (χ1v) is 7.67. The molecule has 2 aromatic rings. The fourth-order valence-electron chi connectivity index (χ4n) is 2.64. The largest absolute Gasteiger partial charge is 0.435 e. The first kappa shape index (κ1) is 20.1. The molecule has 26 heavy (non-hydrogen) atoms. The van der Waals surface area contributed by atoms with E-state index in [0.29, 0.717) is 37.3 Å². The highest BCUT2D eigenvalue weighted by Gasteiger charge is 2.42. The van der Waals surface area contributed by atoms with E-state index in [1.165, 1.54) is 4.90 Å². The summed E-state index contributed by atoms with van der Waals surface area (Å²) in [4.78, 5) is 13.9. The number of alkyl halides is 3. The third-order valence-corrected chi connectivity index (χ3v) is 3.84. The topological polar surface area (TPSA) is 63.1 Å². The van der Waals surface area contributed by atoms with E-state index in [0.717, 1.165) is 24.3 Å². The van der Waals surface area contributed by atoms with E-state index in [4.69, 9.17) is 0 Å². The first-order valence-electron chi connectivity index (χ1n) is 7.67. The maximum absolute atomic E-state index is 13.6. The lowest BCUT2D eigenvalue weighted by Gasteiger charge is -2.19. The van der Waals surface area contributed by atoms with Gasteiger partial charge in [-0.3, -0.25) is 4.79 Å². The molecule has 0 spiro atoms. The average Bonchev–Trinajstić information content (AvgIpc) is 2.84. The Kier molecular flexibility index (Phi) is 6.19. The van der Waals surface area contributed by atoms with Crippen LogP contribution in [-0.2, 0) is 6.18 Å². The zero-order valence-corrected chi connectivity index (χ0v) is 14.3. The molecule has 0 saturated carbocycles. The van der Waals surface area contributed by atoms with Gasteiger partial charge in [-0.15, -0.1) is 17.5 Å². The van der Waals surface area contributed by atoms with Crippen LogP contribution in [0.4, 0.5) is 17.6 Å². The van der Waals surface area contributed by atoms with E-state index in [1.807, 2.05) is 0 Å². The van der Waals surface area contributed by atoms with Gasteiger partial charge in [-0.2, -0.15) is 13.2 Å². The molecule has 142 valence electrons. The maximum atomic E-state index is 13.6. The molecule has 1 aromatic heterocycles. The summed E-state index contributed by atoms with van der Waals surface area (Å²) in [7, 11) is 0. The van der Waals surface area contributed by atoms with Gasteiger partial charge in [-0.1, -0.05) is 5.21 Å². The number of carbonyl (C=O) groups excluding carboxylic acids is 1. The molecule has 0 atom stereocenters. The van der Waals surface area contributed by atoms with Gasteiger partial charge < -0.3 is 10.2 Å². The molecule has 6 nitrogen and oxygen atoms in total. The highest BCUT2D eigenvalue weighted by molar-refractivity contribution is 5.93. The summed E-state index contributed by atoms with van der Waals surface area (Å²) in [6.07, 6.45) is -4.20. The monoisotopic (exact) mass is 393 g/mol. The lowest BCUT2D eigenvalue weighted by molar-refractivity contribution is -0.143. The van der Waals surface area contributed by atoms with Gasteiger partial charge >= 0.3 is 6.18 Å². The molecule has 0 radical (unpaired) electrons. The number of carbonyl (C=O) groups is 1. The van der Waals surface area contributed by atoms with Gasteiger partial charge in [0.25, 0.3) is 5.91 Å². The van der Waals surface area contributed by atoms with Crippen LogP contribution in [-0.4, -0.2) is 52.0 Å². The van der Waals surface area contributed by atoms with Crippen molar-refractivity contribution >= 4 is 18.3 Å². The van der Waals surface area contributed by atoms with Crippen LogP contribution in [0.5, 0.6) is 0 Å². The molecular formula is C15H16ClF4N5O. The molecule has 1 aromatic carbocycles. The van der Waals surface area contributed by atoms with Crippen LogP contribution in [0, 0.1) is 5.82 Å². The van der Waals surface area contributed by atoms with E-state index < -0.39 is 29.3 Å². The fraction of sp³-hybridized carbons (Fsp3) is 0.400. The van der Waals surface area contributed by atoms with Gasteiger partial charge in [-0.25, -0.2) is 9.07 Å². The number of amides is 1. The van der Waals surface area contributed by atoms with Gasteiger partial charge in [0.15, 0.2) is 11.4 Å². The Morgan fingerprint density at radius 3 is 2.46 bits per heavy atom. The summed E-state index contributed by atoms with van der Waals surface area (Å²) in [5.74, 6) is -1.41. The van der Waals surface area contributed by atoms with E-state index in [-0.39, 0.29) is 18.1 Å². The second kappa shape index (κ2) is 8.00. The molecule has 1 amide bonds. The molecule has 11 heteroatoms. The summed E-state index contributed by atoms with van der Waals surface area (Å²) in [5, 5.41) is 10.0. The van der Waals surface area contributed by atoms with Crippen LogP contribution in [0.3, 0.4) is 0 Å². The van der Waals surface area contributed by atoms with Crippen LogP contribution in [0.2, 0.25) is 0 Å². The van der Waals surface area contributed by atoms with Crippen molar-refractivity contribution in [2.75, 3.05) is 26.2 Å². The van der Waals surface area contributed by atoms with Gasteiger partial charge in [0.05, 0.1) is 5.69 Å². The highest BCUT2D eigenvalue weighted by Crippen LogP contribution is 2.33. The van der Waals surface area contributed by atoms with E-state index in [9.17, 15) is 22.4 Å². The molecule has 1 aliphatic heterocycles. The molecule has 2 heterocycles. The van der Waals surface area contributed by atoms with Crippen molar-refractivity contribution in [3.63, 3.8) is 0 Å². The number of aromatic nitrogens is 3. The number of hydrogen-bond donors (Lipinski definition) is 1. The number of halogens is 5. The Morgan fingerprint density at radius 2 is 1.81 bits per heavy atom. The van der Waals surface area contributed by atoms with E-state index in [1.54, 1.807) is 0 Å². The van der Waals surface area contributed by atoms with Gasteiger partial charge in [0.2, 0.25) is 0 Å². The zero-order chi connectivity index (χ0) is 18.0. The van der Waals surface area contributed by atoms with Crippen LogP contribution in [0.25, 0.3) is 5.69 Å². The quantitative estimate of drug-likeness (QED) is 0.795. The smallest absolute Gasteiger partial charge is 0.336 e. The zero-order valence-electron chi connectivity index (χ0n) is 13.5. The molecule has 1 saturated heterocycles. The Bertz CT molecular complexity index is 754. The van der Waals surface area contributed by atoms with Gasteiger partial charge in [0, 0.05) is 19.6 Å². The van der Waals surface area contributed by atoms with Crippen LogP contribution >= 0.6 is 12.4 Å². The third kappa shape index (κ3) is 4.13. The minimum atomic E-state index is -4.84. The molecule has 1 N–H and O–H groups in total. The molecule has 0 bridgehead atoms. The summed E-state index contributed by atoms with van der Waals surface area (Å²) in [5.41, 5.74) is -2.04. The summed E-state index contributed by atoms with van der Waals surface area (Å²) in [6, 6.07) is 4.31. The van der Waals surface area contributed by atoms with Gasteiger partial charge in [-0.05, 0) is 37.2 Å². The standard InChI is InChI=1S/C15H15F4N5O.ClH/c16-10-2-4-11(5-3-10)24-13(15(17,18)19)12(21-22-24)14(25)23-8-1-6-20-7-9-23;/h2-5,20H,1,6-9H2;1H. The number of rotatable bonds is 2. The van der Waals surface area contributed by atoms with Crippen LogP contribution < -0.4 is 5.32 Å². The maximum Gasteiger partial charge on any atom is 0.435 e. The minimum Gasteiger partial charge on any atom is -0.336 e. The SMILES string of the molecule is Cl.O=C(c1nnn(-c2ccc(F)cc2)c1C(F)(F)F)N1CCCNCC1. The third-order valence-electron chi connectivity index (χ3n) is 3.84. The Labute approximate surface area is 152 Å². The number of hydrogen-bond acceptors (Lipinski definition) is 4. The first-order chi connectivity index (χ1) is 11.9. The number of nitrogens with one attached hydrogen (secondary N) is 1. The van der Waals surface area contributed by atoms with Gasteiger partial charge in [0.1, 0.15) is 5.82 Å². The lowest BCUT2D eigenvalue weighted by atomic mass is 10.2. The van der Waals surface area contributed by atoms with Crippen molar-refractivity contribution in [2.45, 2.75) is 12.6 Å². The summed E-state index contributed by atoms with van der Waals surface area (Å²) < 4.78 is 54.2. The molecule has 1 fully saturated rings. The second-order valence-electron chi connectivity index (χ2n) is 5.57. The van der Waals surface area contributed by atoms with Crippen molar-refractivity contribution < 1.29 is 22.4 Å². The van der Waals surface area contributed by atoms with E-state index in [2.05, 4.69) is 15.6 Å². The number of benzene rings is 1. The van der Waals surface area contributed by atoms with Crippen LogP contribution in [0.1, 0.15) is 22.6 Å². The normalized spacial score (nSPS) is 15.3. The van der Waals surface area contributed by atoms with Crippen molar-refractivity contribution in [3.8, 4) is 5.69 Å². The predicted molar refractivity (Wildman–Crippen MR) is 87.0 cm³/mol. The van der Waals surface area contributed by atoms with Crippen LogP contribution in [0.15, 0.2) is 24.3 Å². The summed E-state index contributed by atoms with van der Waals surface area (Å²) >= 11 is 0. The molecule has 3 rings (SSSR count). The van der Waals surface area contributed by atoms with Crippen molar-refractivity contribution in [3.05, 3.63) is 41.5 Å². The molecule has 0 unspecified atom stereocenters. The van der Waals surface area contributed by atoms with Crippen molar-refractivity contribution in [1.29, 1.82) is 0 Å². The Hall–Kier alpha value is -2.20. The van der Waals surface area contributed by atoms with Crippen molar-refractivity contribution in [2.24, 2.45) is 0 Å².